The van der Waals surface area contributed by atoms with Gasteiger partial charge in [-0.05, 0) is 34.1 Å². The SMILES string of the molecule is CC.CC(C)C(N)N(C)C.CCC.CN(C)CN.C[N+](C)(C)CN. The number of hydrogen-bond acceptors (Lipinski definition) is 5. The molecule has 154 valence electrons. The van der Waals surface area contributed by atoms with Crippen molar-refractivity contribution in [3.63, 3.8) is 0 Å². The summed E-state index contributed by atoms with van der Waals surface area (Å²) < 4.78 is 0.847. The van der Waals surface area contributed by atoms with Crippen LogP contribution in [0, 0.1) is 5.92 Å². The molecule has 0 aromatic carbocycles. The first-order chi connectivity index (χ1) is 10.8. The van der Waals surface area contributed by atoms with E-state index in [1.807, 2.05) is 51.8 Å². The van der Waals surface area contributed by atoms with Crippen molar-refractivity contribution < 1.29 is 4.48 Å². The zero-order chi connectivity index (χ0) is 20.9. The summed E-state index contributed by atoms with van der Waals surface area (Å²) in [4.78, 5) is 3.92. The largest absolute Gasteiger partial charge is 0.319 e. The summed E-state index contributed by atoms with van der Waals surface area (Å²) in [6.07, 6.45) is 1.45. The Morgan fingerprint density at radius 3 is 1.08 bits per heavy atom. The second-order valence-electron chi connectivity index (χ2n) is 7.14. The molecular formula is C18H53N6+. The Hall–Kier alpha value is -0.240. The van der Waals surface area contributed by atoms with Crippen LogP contribution in [0.25, 0.3) is 0 Å². The van der Waals surface area contributed by atoms with E-state index < -0.39 is 0 Å². The van der Waals surface area contributed by atoms with E-state index in [1.54, 1.807) is 0 Å². The Morgan fingerprint density at radius 2 is 1.08 bits per heavy atom. The van der Waals surface area contributed by atoms with Crippen LogP contribution in [0.15, 0.2) is 0 Å². The molecule has 0 radical (unpaired) electrons. The van der Waals surface area contributed by atoms with Gasteiger partial charge in [-0.25, -0.2) is 0 Å². The molecule has 0 aromatic rings. The molecule has 0 aromatic heterocycles. The molecule has 0 bridgehead atoms. The molecule has 1 unspecified atom stereocenters. The molecule has 1 atom stereocenters. The molecule has 0 aliphatic carbocycles. The minimum absolute atomic E-state index is 0.204. The van der Waals surface area contributed by atoms with Crippen LogP contribution >= 0.6 is 0 Å². The smallest absolute Gasteiger partial charge is 0.129 e. The van der Waals surface area contributed by atoms with Gasteiger partial charge in [0.15, 0.2) is 0 Å². The zero-order valence-corrected chi connectivity index (χ0v) is 19.3. The van der Waals surface area contributed by atoms with Gasteiger partial charge in [0.05, 0.1) is 27.3 Å². The first-order valence-corrected chi connectivity index (χ1v) is 9.07. The van der Waals surface area contributed by atoms with Gasteiger partial charge < -0.3 is 16.0 Å². The summed E-state index contributed by atoms with van der Waals surface area (Å²) in [7, 11) is 14.0. The van der Waals surface area contributed by atoms with Gasteiger partial charge in [0.1, 0.15) is 6.67 Å². The van der Waals surface area contributed by atoms with Gasteiger partial charge in [0.25, 0.3) is 0 Å². The topological polar surface area (TPSA) is 84.5 Å². The quantitative estimate of drug-likeness (QED) is 0.532. The highest BCUT2D eigenvalue weighted by molar-refractivity contribution is 4.60. The van der Waals surface area contributed by atoms with Gasteiger partial charge in [-0.15, -0.1) is 0 Å². The predicted octanol–water partition coefficient (Wildman–Crippen LogP) is 2.00. The summed E-state index contributed by atoms with van der Waals surface area (Å²) in [6, 6.07) is 0. The van der Waals surface area contributed by atoms with E-state index >= 15 is 0 Å². The second kappa shape index (κ2) is 25.0. The molecule has 0 saturated heterocycles. The lowest BCUT2D eigenvalue weighted by Crippen LogP contribution is -2.40. The normalized spacial score (nSPS) is 11.1. The third-order valence-electron chi connectivity index (χ3n) is 2.19. The number of nitrogens with zero attached hydrogens (tertiary/aromatic N) is 3. The standard InChI is InChI=1S/C6H16N2.C4H13N2.C3H10N2.C3H8.C2H6/c1-5(2)6(7)8(3)4;1-6(2,3)4-5;1-5(2)3-4;1-3-2;1-2/h5-6H,7H2,1-4H3;4-5H2,1-3H3;3-4H2,1-2H3;3H2,1-2H3;1-2H3/q;+1;;;. The molecule has 6 N–H and O–H groups in total. The summed E-state index contributed by atoms with van der Waals surface area (Å²) >= 11 is 0. The lowest BCUT2D eigenvalue weighted by molar-refractivity contribution is -0.870. The van der Waals surface area contributed by atoms with Crippen LogP contribution < -0.4 is 17.2 Å². The van der Waals surface area contributed by atoms with Crippen molar-refractivity contribution in [3.8, 4) is 0 Å². The molecule has 0 amide bonds. The first kappa shape index (κ1) is 35.0. The van der Waals surface area contributed by atoms with Crippen molar-refractivity contribution in [1.82, 2.24) is 9.80 Å². The maximum Gasteiger partial charge on any atom is 0.129 e. The minimum atomic E-state index is 0.204. The molecule has 0 spiro atoms. The number of rotatable bonds is 4. The fourth-order valence-electron chi connectivity index (χ4n) is 0.596. The molecule has 6 nitrogen and oxygen atoms in total. The molecule has 0 aliphatic heterocycles. The van der Waals surface area contributed by atoms with Crippen molar-refractivity contribution in [2.75, 3.05) is 62.7 Å². The van der Waals surface area contributed by atoms with Gasteiger partial charge in [-0.1, -0.05) is 48.0 Å². The Bertz CT molecular complexity index is 180. The molecule has 0 rings (SSSR count). The van der Waals surface area contributed by atoms with E-state index in [9.17, 15) is 0 Å². The van der Waals surface area contributed by atoms with Crippen LogP contribution in [0.2, 0.25) is 0 Å². The molecule has 24 heavy (non-hydrogen) atoms. The summed E-state index contributed by atoms with van der Waals surface area (Å²) in [5, 5.41) is 0. The average molecular weight is 354 g/mol. The van der Waals surface area contributed by atoms with E-state index in [-0.39, 0.29) is 6.17 Å². The number of quaternary nitrogens is 1. The lowest BCUT2D eigenvalue weighted by atomic mass is 10.1. The maximum atomic E-state index is 5.69. The molecule has 6 heteroatoms. The highest BCUT2D eigenvalue weighted by atomic mass is 15.3. The van der Waals surface area contributed by atoms with Crippen molar-refractivity contribution in [3.05, 3.63) is 0 Å². The monoisotopic (exact) mass is 353 g/mol. The van der Waals surface area contributed by atoms with Crippen LogP contribution in [0.4, 0.5) is 0 Å². The Balaban J connectivity index is -0.0000000675. The van der Waals surface area contributed by atoms with Crippen molar-refractivity contribution in [2.24, 2.45) is 23.1 Å². The number of nitrogens with two attached hydrogens (primary N) is 3. The van der Waals surface area contributed by atoms with Crippen LogP contribution in [0.5, 0.6) is 0 Å². The van der Waals surface area contributed by atoms with Crippen LogP contribution in [-0.2, 0) is 0 Å². The third kappa shape index (κ3) is 57.6. The van der Waals surface area contributed by atoms with Gasteiger partial charge in [0, 0.05) is 6.67 Å². The van der Waals surface area contributed by atoms with E-state index in [1.165, 1.54) is 6.42 Å². The van der Waals surface area contributed by atoms with Gasteiger partial charge >= 0.3 is 0 Å². The van der Waals surface area contributed by atoms with Crippen molar-refractivity contribution in [2.45, 2.75) is 54.1 Å². The van der Waals surface area contributed by atoms with E-state index in [2.05, 4.69) is 48.8 Å². The van der Waals surface area contributed by atoms with E-state index in [4.69, 9.17) is 17.2 Å². The van der Waals surface area contributed by atoms with E-state index in [0.717, 1.165) is 4.48 Å². The molecular weight excluding hydrogens is 300 g/mol. The maximum absolute atomic E-state index is 5.69. The fraction of sp³-hybridized carbons (Fsp3) is 1.00. The molecule has 0 heterocycles. The Morgan fingerprint density at radius 1 is 0.875 bits per heavy atom. The fourth-order valence-corrected chi connectivity index (χ4v) is 0.596. The van der Waals surface area contributed by atoms with Crippen molar-refractivity contribution in [1.29, 1.82) is 0 Å². The van der Waals surface area contributed by atoms with Crippen LogP contribution in [-0.4, -0.2) is 83.1 Å². The Labute approximate surface area is 154 Å². The average Bonchev–Trinajstić information content (AvgIpc) is 2.49. The predicted molar refractivity (Wildman–Crippen MR) is 114 cm³/mol. The summed E-state index contributed by atoms with van der Waals surface area (Å²) in [5.41, 5.74) is 16.1. The molecule has 0 fully saturated rings. The zero-order valence-electron chi connectivity index (χ0n) is 19.3. The Kier molecular flexibility index (Phi) is 36.4. The van der Waals surface area contributed by atoms with E-state index in [0.29, 0.717) is 19.3 Å². The van der Waals surface area contributed by atoms with Crippen LogP contribution in [0.3, 0.4) is 0 Å². The minimum Gasteiger partial charge on any atom is -0.319 e. The van der Waals surface area contributed by atoms with Gasteiger partial charge in [0.2, 0.25) is 0 Å². The number of hydrogen-bond donors (Lipinski definition) is 3. The summed E-state index contributed by atoms with van der Waals surface area (Å²) in [5.74, 6) is 0.546. The lowest BCUT2D eigenvalue weighted by Gasteiger charge is -2.22. The van der Waals surface area contributed by atoms with Crippen molar-refractivity contribution >= 4 is 0 Å². The first-order valence-electron chi connectivity index (χ1n) is 9.07. The van der Waals surface area contributed by atoms with Gasteiger partial charge in [-0.2, -0.15) is 0 Å². The second-order valence-corrected chi connectivity index (χ2v) is 7.14. The molecule has 0 aliphatic rings. The van der Waals surface area contributed by atoms with Crippen LogP contribution in [0.1, 0.15) is 48.0 Å². The highest BCUT2D eigenvalue weighted by Crippen LogP contribution is 1.98. The van der Waals surface area contributed by atoms with Gasteiger partial charge in [-0.3, -0.25) is 15.5 Å². The molecule has 0 saturated carbocycles. The summed E-state index contributed by atoms with van der Waals surface area (Å²) in [6.45, 7) is 13.8. The third-order valence-corrected chi connectivity index (χ3v) is 2.19. The highest BCUT2D eigenvalue weighted by Gasteiger charge is 2.07.